The third-order valence-electron chi connectivity index (χ3n) is 3.27. The van der Waals surface area contributed by atoms with Crippen LogP contribution in [0.5, 0.6) is 5.75 Å². The highest BCUT2D eigenvalue weighted by molar-refractivity contribution is 5.31. The minimum atomic E-state index is -0.285. The average Bonchev–Trinajstić information content (AvgIpc) is 2.34. The van der Waals surface area contributed by atoms with Gasteiger partial charge in [0, 0.05) is 0 Å². The highest BCUT2D eigenvalue weighted by atomic mass is 19.1. The molecule has 17 heavy (non-hydrogen) atoms. The van der Waals surface area contributed by atoms with Crippen LogP contribution in [-0.2, 0) is 0 Å². The van der Waals surface area contributed by atoms with E-state index >= 15 is 0 Å². The lowest BCUT2D eigenvalue weighted by atomic mass is 9.89. The summed E-state index contributed by atoms with van der Waals surface area (Å²) in [6, 6.07) is 5.21. The van der Waals surface area contributed by atoms with E-state index < -0.39 is 0 Å². The molecule has 1 aromatic rings. The Bertz CT molecular complexity index is 354. The van der Waals surface area contributed by atoms with E-state index in [0.717, 1.165) is 18.7 Å². The predicted molar refractivity (Wildman–Crippen MR) is 69.1 cm³/mol. The zero-order valence-electron chi connectivity index (χ0n) is 11.1. The summed E-state index contributed by atoms with van der Waals surface area (Å²) in [6.07, 6.45) is 0. The van der Waals surface area contributed by atoms with Crippen LogP contribution >= 0.6 is 0 Å². The van der Waals surface area contributed by atoms with E-state index in [1.807, 2.05) is 6.07 Å². The smallest absolute Gasteiger partial charge is 0.165 e. The van der Waals surface area contributed by atoms with E-state index in [1.54, 1.807) is 12.1 Å². The molecule has 0 amide bonds. The van der Waals surface area contributed by atoms with Crippen LogP contribution in [0.4, 0.5) is 4.39 Å². The minimum absolute atomic E-state index is 0.285. The standard InChI is InChI=1S/C14H22FNO/c1-5-16-9-10(2)11(3)12-6-7-14(17-4)13(15)8-12/h6-8,10-11,16H,5,9H2,1-4H3. The zero-order chi connectivity index (χ0) is 12.8. The summed E-state index contributed by atoms with van der Waals surface area (Å²) in [5, 5.41) is 3.32. The van der Waals surface area contributed by atoms with Gasteiger partial charge in [-0.05, 0) is 42.6 Å². The lowest BCUT2D eigenvalue weighted by molar-refractivity contribution is 0.384. The van der Waals surface area contributed by atoms with Crippen LogP contribution in [0, 0.1) is 11.7 Å². The van der Waals surface area contributed by atoms with Gasteiger partial charge in [-0.2, -0.15) is 0 Å². The predicted octanol–water partition coefficient (Wildman–Crippen LogP) is 3.18. The van der Waals surface area contributed by atoms with Gasteiger partial charge in [-0.25, -0.2) is 4.39 Å². The second-order valence-electron chi connectivity index (χ2n) is 4.47. The molecule has 2 atom stereocenters. The van der Waals surface area contributed by atoms with E-state index in [1.165, 1.54) is 7.11 Å². The monoisotopic (exact) mass is 239 g/mol. The summed E-state index contributed by atoms with van der Waals surface area (Å²) in [4.78, 5) is 0. The van der Waals surface area contributed by atoms with Crippen LogP contribution < -0.4 is 10.1 Å². The minimum Gasteiger partial charge on any atom is -0.494 e. The van der Waals surface area contributed by atoms with E-state index in [9.17, 15) is 4.39 Å². The van der Waals surface area contributed by atoms with Crippen molar-refractivity contribution in [1.82, 2.24) is 5.32 Å². The lowest BCUT2D eigenvalue weighted by Gasteiger charge is -2.21. The molecule has 3 heteroatoms. The van der Waals surface area contributed by atoms with E-state index in [0.29, 0.717) is 17.6 Å². The first kappa shape index (κ1) is 14.0. The first-order valence-electron chi connectivity index (χ1n) is 6.14. The Kier molecular flexibility index (Phi) is 5.42. The largest absolute Gasteiger partial charge is 0.494 e. The lowest BCUT2D eigenvalue weighted by Crippen LogP contribution is -2.24. The molecule has 1 aromatic carbocycles. The summed E-state index contributed by atoms with van der Waals surface area (Å²) in [7, 11) is 1.48. The number of benzene rings is 1. The Morgan fingerprint density at radius 2 is 2.06 bits per heavy atom. The second kappa shape index (κ2) is 6.60. The number of rotatable bonds is 6. The van der Waals surface area contributed by atoms with Gasteiger partial charge in [-0.15, -0.1) is 0 Å². The summed E-state index contributed by atoms with van der Waals surface area (Å²) in [5.74, 6) is 0.824. The van der Waals surface area contributed by atoms with Crippen LogP contribution in [-0.4, -0.2) is 20.2 Å². The number of methoxy groups -OCH3 is 1. The maximum Gasteiger partial charge on any atom is 0.165 e. The van der Waals surface area contributed by atoms with Gasteiger partial charge in [0.25, 0.3) is 0 Å². The normalized spacial score (nSPS) is 14.4. The van der Waals surface area contributed by atoms with Crippen LogP contribution in [0.1, 0.15) is 32.3 Å². The van der Waals surface area contributed by atoms with Crippen molar-refractivity contribution in [2.24, 2.45) is 5.92 Å². The van der Waals surface area contributed by atoms with E-state index in [2.05, 4.69) is 26.1 Å². The average molecular weight is 239 g/mol. The van der Waals surface area contributed by atoms with Crippen molar-refractivity contribution < 1.29 is 9.13 Å². The van der Waals surface area contributed by atoms with Gasteiger partial charge in [-0.3, -0.25) is 0 Å². The van der Waals surface area contributed by atoms with Crippen molar-refractivity contribution in [2.75, 3.05) is 20.2 Å². The maximum atomic E-state index is 13.6. The second-order valence-corrected chi connectivity index (χ2v) is 4.47. The summed E-state index contributed by atoms with van der Waals surface area (Å²) in [6.45, 7) is 8.31. The summed E-state index contributed by atoms with van der Waals surface area (Å²) >= 11 is 0. The van der Waals surface area contributed by atoms with E-state index in [-0.39, 0.29) is 5.82 Å². The van der Waals surface area contributed by atoms with Crippen molar-refractivity contribution in [3.8, 4) is 5.75 Å². The summed E-state index contributed by atoms with van der Waals surface area (Å²) < 4.78 is 18.5. The fourth-order valence-corrected chi connectivity index (χ4v) is 1.84. The molecule has 0 aliphatic carbocycles. The third kappa shape index (κ3) is 3.70. The summed E-state index contributed by atoms with van der Waals surface area (Å²) in [5.41, 5.74) is 1.02. The van der Waals surface area contributed by atoms with Gasteiger partial charge in [0.05, 0.1) is 7.11 Å². The number of hydrogen-bond donors (Lipinski definition) is 1. The van der Waals surface area contributed by atoms with Gasteiger partial charge < -0.3 is 10.1 Å². The molecule has 0 heterocycles. The van der Waals surface area contributed by atoms with E-state index in [4.69, 9.17) is 4.74 Å². The molecule has 1 N–H and O–H groups in total. The molecule has 0 aliphatic rings. The van der Waals surface area contributed by atoms with Gasteiger partial charge >= 0.3 is 0 Å². The molecule has 2 nitrogen and oxygen atoms in total. The Morgan fingerprint density at radius 3 is 2.59 bits per heavy atom. The molecule has 0 saturated carbocycles. The van der Waals surface area contributed by atoms with Gasteiger partial charge in [-0.1, -0.05) is 26.8 Å². The molecule has 0 aromatic heterocycles. The number of hydrogen-bond acceptors (Lipinski definition) is 2. The Labute approximate surface area is 103 Å². The Morgan fingerprint density at radius 1 is 1.35 bits per heavy atom. The molecule has 0 spiro atoms. The van der Waals surface area contributed by atoms with Gasteiger partial charge in [0.2, 0.25) is 0 Å². The quantitative estimate of drug-likeness (QED) is 0.823. The molecule has 0 bridgehead atoms. The first-order valence-corrected chi connectivity index (χ1v) is 6.14. The van der Waals surface area contributed by atoms with Crippen molar-refractivity contribution in [3.05, 3.63) is 29.6 Å². The van der Waals surface area contributed by atoms with Crippen molar-refractivity contribution in [1.29, 1.82) is 0 Å². The first-order chi connectivity index (χ1) is 8.10. The molecule has 0 aliphatic heterocycles. The topological polar surface area (TPSA) is 21.3 Å². The third-order valence-corrected chi connectivity index (χ3v) is 3.27. The number of halogens is 1. The molecule has 0 fully saturated rings. The molecule has 0 radical (unpaired) electrons. The highest BCUT2D eigenvalue weighted by Crippen LogP contribution is 2.27. The zero-order valence-corrected chi connectivity index (χ0v) is 11.1. The molecular weight excluding hydrogens is 217 g/mol. The van der Waals surface area contributed by atoms with Crippen molar-refractivity contribution in [3.63, 3.8) is 0 Å². The van der Waals surface area contributed by atoms with Crippen LogP contribution in [0.3, 0.4) is 0 Å². The molecule has 0 saturated heterocycles. The van der Waals surface area contributed by atoms with Gasteiger partial charge in [0.1, 0.15) is 0 Å². The molecule has 1 rings (SSSR count). The Hall–Kier alpha value is -1.09. The maximum absolute atomic E-state index is 13.6. The molecule has 2 unspecified atom stereocenters. The fraction of sp³-hybridized carbons (Fsp3) is 0.571. The Balaban J connectivity index is 2.74. The molecule has 96 valence electrons. The van der Waals surface area contributed by atoms with Crippen molar-refractivity contribution >= 4 is 0 Å². The van der Waals surface area contributed by atoms with Gasteiger partial charge in [0.15, 0.2) is 11.6 Å². The van der Waals surface area contributed by atoms with Crippen LogP contribution in [0.2, 0.25) is 0 Å². The van der Waals surface area contributed by atoms with Crippen LogP contribution in [0.15, 0.2) is 18.2 Å². The highest BCUT2D eigenvalue weighted by Gasteiger charge is 2.15. The van der Waals surface area contributed by atoms with Crippen LogP contribution in [0.25, 0.3) is 0 Å². The SMILES string of the molecule is CCNCC(C)C(C)c1ccc(OC)c(F)c1. The number of ether oxygens (including phenoxy) is 1. The molecular formula is C14H22FNO. The number of nitrogens with one attached hydrogen (secondary N) is 1. The van der Waals surface area contributed by atoms with Crippen molar-refractivity contribution in [2.45, 2.75) is 26.7 Å². The fourth-order valence-electron chi connectivity index (χ4n) is 1.84.